The van der Waals surface area contributed by atoms with Gasteiger partial charge in [-0.05, 0) is 24.3 Å². The summed E-state index contributed by atoms with van der Waals surface area (Å²) >= 11 is 7.61. The molecule has 28 heavy (non-hydrogen) atoms. The number of imidazole rings is 1. The molecule has 142 valence electrons. The molecule has 4 aromatic rings. The molecule has 7 nitrogen and oxygen atoms in total. The Morgan fingerprint density at radius 1 is 1.14 bits per heavy atom. The van der Waals surface area contributed by atoms with E-state index >= 15 is 0 Å². The van der Waals surface area contributed by atoms with Gasteiger partial charge in [0.2, 0.25) is 0 Å². The van der Waals surface area contributed by atoms with Crippen molar-refractivity contribution in [2.75, 3.05) is 6.61 Å². The third-order valence-corrected chi connectivity index (χ3v) is 5.76. The highest BCUT2D eigenvalue weighted by molar-refractivity contribution is 7.98. The summed E-state index contributed by atoms with van der Waals surface area (Å²) in [5.41, 5.74) is 1.81. The third-order valence-electron chi connectivity index (χ3n) is 4.48. The Balaban J connectivity index is 1.31. The summed E-state index contributed by atoms with van der Waals surface area (Å²) in [7, 11) is 1.94. The standard InChI is InChI=1S/C19H16ClN5O2S/c1-24-18(16-10-26-14-4-2-3-5-15(14)27-16)22-23-19(24)28-11-13-9-25-8-12(20)6-7-17(25)21-13/h2-9,16H,10-11H2,1H3/t16-/m0/s1. The van der Waals surface area contributed by atoms with Crippen LogP contribution in [0.15, 0.2) is 53.9 Å². The van der Waals surface area contributed by atoms with E-state index in [2.05, 4.69) is 15.2 Å². The minimum Gasteiger partial charge on any atom is -0.485 e. The van der Waals surface area contributed by atoms with Crippen LogP contribution in [0.1, 0.15) is 17.6 Å². The molecular formula is C19H16ClN5O2S. The Bertz CT molecular complexity index is 1160. The first-order valence-electron chi connectivity index (χ1n) is 8.71. The Kier molecular flexibility index (Phi) is 4.37. The molecule has 1 aliphatic rings. The van der Waals surface area contributed by atoms with Crippen molar-refractivity contribution >= 4 is 29.0 Å². The number of aromatic nitrogens is 5. The average Bonchev–Trinajstić information content (AvgIpc) is 3.28. The number of hydrogen-bond acceptors (Lipinski definition) is 6. The van der Waals surface area contributed by atoms with E-state index in [9.17, 15) is 0 Å². The van der Waals surface area contributed by atoms with Crippen molar-refractivity contribution in [2.45, 2.75) is 17.0 Å². The average molecular weight is 414 g/mol. The van der Waals surface area contributed by atoms with E-state index in [-0.39, 0.29) is 6.10 Å². The van der Waals surface area contributed by atoms with Crippen LogP contribution in [0, 0.1) is 0 Å². The van der Waals surface area contributed by atoms with Gasteiger partial charge in [-0.1, -0.05) is 35.5 Å². The maximum Gasteiger partial charge on any atom is 0.192 e. The van der Waals surface area contributed by atoms with E-state index in [1.54, 1.807) is 11.8 Å². The maximum absolute atomic E-state index is 6.04. The molecule has 0 bridgehead atoms. The SMILES string of the molecule is Cn1c(SCc2cn3cc(Cl)ccc3n2)nnc1[C@@H]1COc2ccccc2O1. The van der Waals surface area contributed by atoms with Crippen LogP contribution in [0.2, 0.25) is 5.02 Å². The lowest BCUT2D eigenvalue weighted by Gasteiger charge is -2.25. The smallest absolute Gasteiger partial charge is 0.192 e. The molecular weight excluding hydrogens is 398 g/mol. The number of thioether (sulfide) groups is 1. The molecule has 0 saturated heterocycles. The maximum atomic E-state index is 6.04. The molecule has 0 N–H and O–H groups in total. The molecule has 0 unspecified atom stereocenters. The molecule has 0 radical (unpaired) electrons. The number of fused-ring (bicyclic) bond motifs is 2. The quantitative estimate of drug-likeness (QED) is 0.472. The van der Waals surface area contributed by atoms with Crippen LogP contribution in [0.3, 0.4) is 0 Å². The van der Waals surface area contributed by atoms with E-state index in [1.807, 2.05) is 64.8 Å². The Morgan fingerprint density at radius 3 is 2.89 bits per heavy atom. The molecule has 0 fully saturated rings. The molecule has 1 aromatic carbocycles. The first kappa shape index (κ1) is 17.4. The monoisotopic (exact) mass is 413 g/mol. The molecule has 1 atom stereocenters. The van der Waals surface area contributed by atoms with Gasteiger partial charge in [-0.2, -0.15) is 0 Å². The summed E-state index contributed by atoms with van der Waals surface area (Å²) in [6, 6.07) is 11.4. The van der Waals surface area contributed by atoms with Crippen LogP contribution >= 0.6 is 23.4 Å². The highest BCUT2D eigenvalue weighted by Gasteiger charge is 2.27. The number of halogens is 1. The highest BCUT2D eigenvalue weighted by atomic mass is 35.5. The van der Waals surface area contributed by atoms with Gasteiger partial charge in [-0.3, -0.25) is 0 Å². The van der Waals surface area contributed by atoms with Crippen LogP contribution in [0.4, 0.5) is 0 Å². The number of benzene rings is 1. The van der Waals surface area contributed by atoms with Gasteiger partial charge in [-0.25, -0.2) is 4.98 Å². The summed E-state index contributed by atoms with van der Waals surface area (Å²) < 4.78 is 15.7. The molecule has 0 saturated carbocycles. The van der Waals surface area contributed by atoms with Crippen molar-refractivity contribution in [3.63, 3.8) is 0 Å². The second kappa shape index (κ2) is 7.03. The molecule has 0 aliphatic carbocycles. The van der Waals surface area contributed by atoms with Gasteiger partial charge in [0.25, 0.3) is 0 Å². The zero-order valence-electron chi connectivity index (χ0n) is 14.9. The van der Waals surface area contributed by atoms with Gasteiger partial charge in [0.1, 0.15) is 12.3 Å². The summed E-state index contributed by atoms with van der Waals surface area (Å²) in [5, 5.41) is 10.1. The van der Waals surface area contributed by atoms with Crippen molar-refractivity contribution < 1.29 is 9.47 Å². The third kappa shape index (κ3) is 3.18. The van der Waals surface area contributed by atoms with Gasteiger partial charge in [0.15, 0.2) is 28.6 Å². The van der Waals surface area contributed by atoms with Crippen molar-refractivity contribution in [3.8, 4) is 11.5 Å². The number of para-hydroxylation sites is 2. The predicted octanol–water partition coefficient (Wildman–Crippen LogP) is 3.92. The van der Waals surface area contributed by atoms with E-state index < -0.39 is 0 Å². The molecule has 1 aliphatic heterocycles. The Morgan fingerprint density at radius 2 is 2.00 bits per heavy atom. The summed E-state index contributed by atoms with van der Waals surface area (Å²) in [4.78, 5) is 4.60. The van der Waals surface area contributed by atoms with Crippen LogP contribution in [0.25, 0.3) is 5.65 Å². The Labute approximate surface area is 170 Å². The van der Waals surface area contributed by atoms with Gasteiger partial charge < -0.3 is 18.4 Å². The second-order valence-electron chi connectivity index (χ2n) is 6.40. The van der Waals surface area contributed by atoms with Gasteiger partial charge in [-0.15, -0.1) is 10.2 Å². The number of hydrogen-bond donors (Lipinski definition) is 0. The minimum absolute atomic E-state index is 0.293. The molecule has 9 heteroatoms. The van der Waals surface area contributed by atoms with Crippen LogP contribution in [0.5, 0.6) is 11.5 Å². The number of pyridine rings is 1. The Hall–Kier alpha value is -2.71. The van der Waals surface area contributed by atoms with Crippen LogP contribution < -0.4 is 9.47 Å². The van der Waals surface area contributed by atoms with Gasteiger partial charge in [0.05, 0.1) is 10.7 Å². The first-order chi connectivity index (χ1) is 13.7. The largest absolute Gasteiger partial charge is 0.485 e. The van der Waals surface area contributed by atoms with Gasteiger partial charge >= 0.3 is 0 Å². The normalized spacial score (nSPS) is 15.9. The lowest BCUT2D eigenvalue weighted by atomic mass is 10.2. The number of nitrogens with zero attached hydrogens (tertiary/aromatic N) is 5. The molecule has 0 spiro atoms. The molecule has 4 heterocycles. The predicted molar refractivity (Wildman–Crippen MR) is 106 cm³/mol. The van der Waals surface area contributed by atoms with E-state index in [0.29, 0.717) is 17.4 Å². The van der Waals surface area contributed by atoms with Crippen molar-refractivity contribution in [3.05, 3.63) is 65.3 Å². The topological polar surface area (TPSA) is 66.5 Å². The summed E-state index contributed by atoms with van der Waals surface area (Å²) in [5.74, 6) is 2.89. The molecule has 5 rings (SSSR count). The van der Waals surface area contributed by atoms with Gasteiger partial charge in [0, 0.05) is 25.2 Å². The minimum atomic E-state index is -0.293. The summed E-state index contributed by atoms with van der Waals surface area (Å²) in [6.45, 7) is 0.404. The zero-order chi connectivity index (χ0) is 19.1. The first-order valence-corrected chi connectivity index (χ1v) is 10.1. The number of rotatable bonds is 4. The van der Waals surface area contributed by atoms with E-state index in [4.69, 9.17) is 21.1 Å². The lowest BCUT2D eigenvalue weighted by molar-refractivity contribution is 0.0825. The second-order valence-corrected chi connectivity index (χ2v) is 7.78. The number of ether oxygens (including phenoxy) is 2. The van der Waals surface area contributed by atoms with Crippen molar-refractivity contribution in [1.29, 1.82) is 0 Å². The van der Waals surface area contributed by atoms with Crippen molar-refractivity contribution in [2.24, 2.45) is 7.05 Å². The highest BCUT2D eigenvalue weighted by Crippen LogP contribution is 2.36. The van der Waals surface area contributed by atoms with Crippen LogP contribution in [-0.2, 0) is 12.8 Å². The van der Waals surface area contributed by atoms with Crippen LogP contribution in [-0.4, -0.2) is 30.8 Å². The molecule has 3 aromatic heterocycles. The fourth-order valence-corrected chi connectivity index (χ4v) is 4.07. The molecule has 0 amide bonds. The summed E-state index contributed by atoms with van der Waals surface area (Å²) in [6.07, 6.45) is 3.52. The lowest BCUT2D eigenvalue weighted by Crippen LogP contribution is -2.24. The van der Waals surface area contributed by atoms with E-state index in [1.165, 1.54) is 0 Å². The van der Waals surface area contributed by atoms with Crippen molar-refractivity contribution in [1.82, 2.24) is 24.1 Å². The fourth-order valence-electron chi connectivity index (χ4n) is 3.10. The fraction of sp³-hybridized carbons (Fsp3) is 0.211. The zero-order valence-corrected chi connectivity index (χ0v) is 16.5. The van der Waals surface area contributed by atoms with E-state index in [0.717, 1.165) is 33.8 Å².